The zero-order chi connectivity index (χ0) is 17.4. The summed E-state index contributed by atoms with van der Waals surface area (Å²) in [6, 6.07) is 3.84. The van der Waals surface area contributed by atoms with Gasteiger partial charge in [-0.05, 0) is 31.0 Å². The van der Waals surface area contributed by atoms with E-state index in [1.54, 1.807) is 11.6 Å². The van der Waals surface area contributed by atoms with Gasteiger partial charge in [-0.3, -0.25) is 9.59 Å². The van der Waals surface area contributed by atoms with E-state index in [0.717, 1.165) is 6.42 Å². The summed E-state index contributed by atoms with van der Waals surface area (Å²) < 4.78 is 13.1. The predicted molar refractivity (Wildman–Crippen MR) is 93.3 cm³/mol. The highest BCUT2D eigenvalue weighted by Gasteiger charge is 2.07. The maximum Gasteiger partial charge on any atom is 0.226 e. The number of aromatic nitrogens is 1. The van der Waals surface area contributed by atoms with Crippen LogP contribution in [0.5, 0.6) is 0 Å². The Balaban J connectivity index is 1.61. The first-order valence-corrected chi connectivity index (χ1v) is 8.47. The maximum absolute atomic E-state index is 13.1. The number of thiazole rings is 1. The van der Waals surface area contributed by atoms with Crippen LogP contribution in [-0.4, -0.2) is 16.8 Å². The van der Waals surface area contributed by atoms with Crippen molar-refractivity contribution in [2.24, 2.45) is 0 Å². The van der Waals surface area contributed by atoms with Crippen molar-refractivity contribution in [1.29, 1.82) is 0 Å². The summed E-state index contributed by atoms with van der Waals surface area (Å²) in [6.45, 7) is 0. The lowest BCUT2D eigenvalue weighted by atomic mass is 10.1. The highest BCUT2D eigenvalue weighted by atomic mass is 32.1. The predicted octanol–water partition coefficient (Wildman–Crippen LogP) is 3.39. The number of nitrogens with two attached hydrogens (primary N) is 1. The Labute approximate surface area is 143 Å². The molecule has 1 aromatic carbocycles. The Bertz CT molecular complexity index is 691. The lowest BCUT2D eigenvalue weighted by Crippen LogP contribution is -2.13. The third-order valence-corrected chi connectivity index (χ3v) is 3.96. The molecule has 0 saturated heterocycles. The molecule has 1 heterocycles. The van der Waals surface area contributed by atoms with Crippen molar-refractivity contribution in [3.05, 3.63) is 35.6 Å². The number of nitrogens with zero attached hydrogens (tertiary/aromatic N) is 1. The van der Waals surface area contributed by atoms with Crippen LogP contribution in [0.4, 0.5) is 20.9 Å². The van der Waals surface area contributed by atoms with Crippen LogP contribution in [0.3, 0.4) is 0 Å². The molecule has 0 spiro atoms. The summed E-state index contributed by atoms with van der Waals surface area (Å²) in [7, 11) is 0. The third-order valence-electron chi connectivity index (χ3n) is 3.28. The molecule has 2 amide bonds. The Morgan fingerprint density at radius 2 is 1.83 bits per heavy atom. The van der Waals surface area contributed by atoms with Crippen LogP contribution in [0.1, 0.15) is 32.1 Å². The SMILES string of the molecule is Nc1ccc(F)cc1NC(=O)CCCCCC(=O)Nc1nccs1. The number of anilines is 3. The van der Waals surface area contributed by atoms with E-state index in [4.69, 9.17) is 5.73 Å². The molecule has 0 aliphatic carbocycles. The van der Waals surface area contributed by atoms with Crippen LogP contribution in [0.2, 0.25) is 0 Å². The molecule has 0 unspecified atom stereocenters. The maximum atomic E-state index is 13.1. The fraction of sp³-hybridized carbons (Fsp3) is 0.312. The van der Waals surface area contributed by atoms with Gasteiger partial charge in [-0.15, -0.1) is 11.3 Å². The number of hydrogen-bond acceptors (Lipinski definition) is 5. The van der Waals surface area contributed by atoms with Crippen molar-refractivity contribution in [3.8, 4) is 0 Å². The van der Waals surface area contributed by atoms with Crippen LogP contribution in [0.25, 0.3) is 0 Å². The molecular formula is C16H19FN4O2S. The number of nitrogen functional groups attached to an aromatic ring is 1. The molecule has 0 radical (unpaired) electrons. The highest BCUT2D eigenvalue weighted by molar-refractivity contribution is 7.13. The second kappa shape index (κ2) is 8.97. The molecule has 8 heteroatoms. The van der Waals surface area contributed by atoms with Crippen molar-refractivity contribution in [3.63, 3.8) is 0 Å². The van der Waals surface area contributed by atoms with Gasteiger partial charge in [-0.1, -0.05) is 6.42 Å². The number of unbranched alkanes of at least 4 members (excludes halogenated alkanes) is 2. The summed E-state index contributed by atoms with van der Waals surface area (Å²) in [4.78, 5) is 27.4. The molecule has 2 aromatic rings. The van der Waals surface area contributed by atoms with Crippen LogP contribution >= 0.6 is 11.3 Å². The van der Waals surface area contributed by atoms with Gasteiger partial charge >= 0.3 is 0 Å². The average Bonchev–Trinajstić information content (AvgIpc) is 3.03. The van der Waals surface area contributed by atoms with Crippen molar-refractivity contribution in [2.45, 2.75) is 32.1 Å². The average molecular weight is 350 g/mol. The topological polar surface area (TPSA) is 97.1 Å². The van der Waals surface area contributed by atoms with Gasteiger partial charge < -0.3 is 16.4 Å². The van der Waals surface area contributed by atoms with E-state index in [9.17, 15) is 14.0 Å². The second-order valence-electron chi connectivity index (χ2n) is 5.23. The van der Waals surface area contributed by atoms with Gasteiger partial charge in [0.15, 0.2) is 5.13 Å². The highest BCUT2D eigenvalue weighted by Crippen LogP contribution is 2.19. The fourth-order valence-electron chi connectivity index (χ4n) is 2.06. The molecule has 0 saturated carbocycles. The lowest BCUT2D eigenvalue weighted by molar-refractivity contribution is -0.116. The number of carbonyl (C=O) groups excluding carboxylic acids is 2. The van der Waals surface area contributed by atoms with Gasteiger partial charge in [-0.25, -0.2) is 9.37 Å². The van der Waals surface area contributed by atoms with E-state index >= 15 is 0 Å². The zero-order valence-corrected chi connectivity index (χ0v) is 13.9. The number of halogens is 1. The number of amides is 2. The number of carbonyl (C=O) groups is 2. The van der Waals surface area contributed by atoms with E-state index in [1.165, 1.54) is 29.5 Å². The number of benzene rings is 1. The van der Waals surface area contributed by atoms with Crippen molar-refractivity contribution >= 4 is 39.7 Å². The van der Waals surface area contributed by atoms with Crippen molar-refractivity contribution in [1.82, 2.24) is 4.98 Å². The van der Waals surface area contributed by atoms with Crippen LogP contribution in [0, 0.1) is 5.82 Å². The second-order valence-corrected chi connectivity index (χ2v) is 6.12. The Morgan fingerprint density at radius 3 is 2.50 bits per heavy atom. The van der Waals surface area contributed by atoms with E-state index in [1.807, 2.05) is 0 Å². The summed E-state index contributed by atoms with van der Waals surface area (Å²) >= 11 is 1.37. The summed E-state index contributed by atoms with van der Waals surface area (Å²) in [6.07, 6.45) is 4.39. The summed E-state index contributed by atoms with van der Waals surface area (Å²) in [5, 5.41) is 7.68. The van der Waals surface area contributed by atoms with Crippen LogP contribution in [0.15, 0.2) is 29.8 Å². The Hall–Kier alpha value is -2.48. The molecule has 128 valence electrons. The van der Waals surface area contributed by atoms with Gasteiger partial charge in [0.1, 0.15) is 5.82 Å². The zero-order valence-electron chi connectivity index (χ0n) is 13.0. The number of nitrogens with one attached hydrogen (secondary N) is 2. The largest absolute Gasteiger partial charge is 0.397 e. The number of hydrogen-bond donors (Lipinski definition) is 3. The fourth-order valence-corrected chi connectivity index (χ4v) is 2.61. The molecule has 0 fully saturated rings. The van der Waals surface area contributed by atoms with E-state index in [-0.39, 0.29) is 17.5 Å². The summed E-state index contributed by atoms with van der Waals surface area (Å²) in [5.74, 6) is -0.757. The molecule has 6 nitrogen and oxygen atoms in total. The van der Waals surface area contributed by atoms with Gasteiger partial charge in [-0.2, -0.15) is 0 Å². The normalized spacial score (nSPS) is 10.4. The minimum Gasteiger partial charge on any atom is -0.397 e. The molecule has 0 atom stereocenters. The van der Waals surface area contributed by atoms with E-state index < -0.39 is 5.82 Å². The van der Waals surface area contributed by atoms with Gasteiger partial charge in [0.25, 0.3) is 0 Å². The lowest BCUT2D eigenvalue weighted by Gasteiger charge is -2.08. The Morgan fingerprint density at radius 1 is 1.12 bits per heavy atom. The van der Waals surface area contributed by atoms with Crippen LogP contribution in [-0.2, 0) is 9.59 Å². The molecule has 0 aliphatic heterocycles. The van der Waals surface area contributed by atoms with Crippen molar-refractivity contribution in [2.75, 3.05) is 16.4 Å². The van der Waals surface area contributed by atoms with Gasteiger partial charge in [0.2, 0.25) is 11.8 Å². The first kappa shape index (κ1) is 17.9. The molecule has 2 rings (SSSR count). The third kappa shape index (κ3) is 5.96. The van der Waals surface area contributed by atoms with Gasteiger partial charge in [0.05, 0.1) is 11.4 Å². The quantitative estimate of drug-likeness (QED) is 0.502. The molecule has 0 aliphatic rings. The summed E-state index contributed by atoms with van der Waals surface area (Å²) in [5.41, 5.74) is 6.28. The smallest absolute Gasteiger partial charge is 0.226 e. The van der Waals surface area contributed by atoms with Gasteiger partial charge in [0, 0.05) is 24.4 Å². The number of rotatable bonds is 8. The molecule has 24 heavy (non-hydrogen) atoms. The molecule has 4 N–H and O–H groups in total. The molecule has 1 aromatic heterocycles. The minimum atomic E-state index is -0.453. The minimum absolute atomic E-state index is 0.0815. The monoisotopic (exact) mass is 350 g/mol. The van der Waals surface area contributed by atoms with E-state index in [0.29, 0.717) is 36.5 Å². The standard InChI is InChI=1S/C16H19FN4O2S/c17-11-6-7-12(18)13(10-11)20-14(22)4-2-1-3-5-15(23)21-16-19-8-9-24-16/h6-10H,1-5,18H2,(H,20,22)(H,19,21,23). The van der Waals surface area contributed by atoms with Crippen molar-refractivity contribution < 1.29 is 14.0 Å². The first-order valence-electron chi connectivity index (χ1n) is 7.59. The Kier molecular flexibility index (Phi) is 6.68. The molecular weight excluding hydrogens is 331 g/mol. The van der Waals surface area contributed by atoms with E-state index in [2.05, 4.69) is 15.6 Å². The first-order chi connectivity index (χ1) is 11.5. The molecule has 0 bridgehead atoms. The van der Waals surface area contributed by atoms with Crippen LogP contribution < -0.4 is 16.4 Å².